The second kappa shape index (κ2) is 12.7. The fourth-order valence-electron chi connectivity index (χ4n) is 7.68. The molecule has 9 aromatic carbocycles. The zero-order valence-electron chi connectivity index (χ0n) is 28.4. The molecule has 2 heteroatoms. The highest BCUT2D eigenvalue weighted by Gasteiger charge is 2.19. The zero-order chi connectivity index (χ0) is 34.4. The molecular weight excluding hydrogens is 647 g/mol. The second-order valence-corrected chi connectivity index (χ2v) is 14.4. The van der Waals surface area contributed by atoms with Gasteiger partial charge in [-0.05, 0) is 110 Å². The molecule has 1 aromatic heterocycles. The topological polar surface area (TPSA) is 3.24 Å². The van der Waals surface area contributed by atoms with Gasteiger partial charge in [0.25, 0.3) is 0 Å². The lowest BCUT2D eigenvalue weighted by Crippen LogP contribution is -2.10. The lowest BCUT2D eigenvalue weighted by molar-refractivity contribution is 1.30. The van der Waals surface area contributed by atoms with Crippen LogP contribution in [0.5, 0.6) is 0 Å². The van der Waals surface area contributed by atoms with Crippen LogP contribution in [-0.2, 0) is 0 Å². The van der Waals surface area contributed by atoms with E-state index in [0.29, 0.717) is 0 Å². The van der Waals surface area contributed by atoms with Crippen molar-refractivity contribution in [2.45, 2.75) is 0 Å². The van der Waals surface area contributed by atoms with Gasteiger partial charge in [0.1, 0.15) is 0 Å². The Kier molecular flexibility index (Phi) is 7.41. The van der Waals surface area contributed by atoms with Gasteiger partial charge in [-0.2, -0.15) is 0 Å². The van der Waals surface area contributed by atoms with E-state index in [9.17, 15) is 0 Å². The number of hydrogen-bond donors (Lipinski definition) is 0. The Bertz CT molecular complexity index is 2880. The van der Waals surface area contributed by atoms with Gasteiger partial charge in [0.15, 0.2) is 0 Å². The summed E-state index contributed by atoms with van der Waals surface area (Å²) in [4.78, 5) is 2.42. The molecule has 0 aliphatic heterocycles. The van der Waals surface area contributed by atoms with Crippen molar-refractivity contribution in [1.29, 1.82) is 0 Å². The number of benzene rings is 9. The van der Waals surface area contributed by atoms with E-state index in [1.165, 1.54) is 80.8 Å². The summed E-state index contributed by atoms with van der Waals surface area (Å²) in [7, 11) is 0. The summed E-state index contributed by atoms with van der Waals surface area (Å²) in [6.45, 7) is 0. The molecule has 1 heterocycles. The van der Waals surface area contributed by atoms with Gasteiger partial charge in [0.05, 0.1) is 5.69 Å². The van der Waals surface area contributed by atoms with Crippen LogP contribution in [0.15, 0.2) is 200 Å². The molecule has 0 bridgehead atoms. The highest BCUT2D eigenvalue weighted by Crippen LogP contribution is 2.45. The molecule has 0 atom stereocenters. The monoisotopic (exact) mass is 679 g/mol. The van der Waals surface area contributed by atoms with Crippen LogP contribution in [-0.4, -0.2) is 0 Å². The minimum atomic E-state index is 1.12. The first kappa shape index (κ1) is 30.4. The van der Waals surface area contributed by atoms with E-state index in [-0.39, 0.29) is 0 Å². The van der Waals surface area contributed by atoms with Crippen LogP contribution in [0.3, 0.4) is 0 Å². The van der Waals surface area contributed by atoms with Crippen molar-refractivity contribution in [2.75, 3.05) is 4.90 Å². The molecular formula is C50H33NS. The predicted octanol–water partition coefficient (Wildman–Crippen LogP) is 14.8. The number of anilines is 3. The fraction of sp³-hybridized carbons (Fsp3) is 0. The Hall–Kier alpha value is -6.48. The van der Waals surface area contributed by atoms with E-state index >= 15 is 0 Å². The number of fused-ring (bicyclic) bond motifs is 5. The summed E-state index contributed by atoms with van der Waals surface area (Å²) in [6, 6.07) is 72.9. The molecule has 0 aliphatic carbocycles. The molecule has 0 fully saturated rings. The van der Waals surface area contributed by atoms with Crippen molar-refractivity contribution < 1.29 is 0 Å². The van der Waals surface area contributed by atoms with Gasteiger partial charge in [0, 0.05) is 31.5 Å². The molecule has 10 aromatic rings. The van der Waals surface area contributed by atoms with Crippen molar-refractivity contribution in [2.24, 2.45) is 0 Å². The normalized spacial score (nSPS) is 11.5. The Balaban J connectivity index is 1.06. The third kappa shape index (κ3) is 5.33. The Morgan fingerprint density at radius 2 is 0.865 bits per heavy atom. The number of nitrogens with zero attached hydrogens (tertiary/aromatic N) is 1. The first-order valence-corrected chi connectivity index (χ1v) is 18.6. The van der Waals surface area contributed by atoms with Gasteiger partial charge in [-0.15, -0.1) is 11.3 Å². The summed E-state index contributed by atoms with van der Waals surface area (Å²) in [6.07, 6.45) is 0. The fourth-order valence-corrected chi connectivity index (χ4v) is 8.80. The average molecular weight is 680 g/mol. The maximum Gasteiger partial charge on any atom is 0.0554 e. The summed E-state index contributed by atoms with van der Waals surface area (Å²) in [5, 5.41) is 7.59. The summed E-state index contributed by atoms with van der Waals surface area (Å²) >= 11 is 1.86. The van der Waals surface area contributed by atoms with E-state index in [2.05, 4.69) is 205 Å². The zero-order valence-corrected chi connectivity index (χ0v) is 29.2. The van der Waals surface area contributed by atoms with E-state index in [1.54, 1.807) is 0 Å². The van der Waals surface area contributed by atoms with E-state index in [0.717, 1.165) is 11.4 Å². The number of hydrogen-bond acceptors (Lipinski definition) is 2. The van der Waals surface area contributed by atoms with Crippen molar-refractivity contribution in [1.82, 2.24) is 0 Å². The molecule has 0 amide bonds. The van der Waals surface area contributed by atoms with Gasteiger partial charge < -0.3 is 4.90 Å². The van der Waals surface area contributed by atoms with Gasteiger partial charge >= 0.3 is 0 Å². The predicted molar refractivity (Wildman–Crippen MR) is 225 cm³/mol. The molecule has 10 rings (SSSR count). The van der Waals surface area contributed by atoms with Crippen molar-refractivity contribution in [3.05, 3.63) is 200 Å². The summed E-state index contributed by atoms with van der Waals surface area (Å²) < 4.78 is 2.60. The van der Waals surface area contributed by atoms with Gasteiger partial charge in [-0.3, -0.25) is 0 Å². The van der Waals surface area contributed by atoms with Crippen LogP contribution in [0.25, 0.3) is 75.1 Å². The van der Waals surface area contributed by atoms with Crippen molar-refractivity contribution in [3.8, 4) is 33.4 Å². The number of thiophene rings is 1. The summed E-state index contributed by atoms with van der Waals surface area (Å²) in [5.74, 6) is 0. The molecule has 0 spiro atoms. The molecule has 244 valence electrons. The molecule has 52 heavy (non-hydrogen) atoms. The third-order valence-corrected chi connectivity index (χ3v) is 11.4. The van der Waals surface area contributed by atoms with Crippen LogP contribution < -0.4 is 4.90 Å². The molecule has 0 saturated carbocycles. The lowest BCUT2D eigenvalue weighted by atomic mass is 9.97. The Morgan fingerprint density at radius 1 is 0.327 bits per heavy atom. The van der Waals surface area contributed by atoms with Crippen LogP contribution >= 0.6 is 11.3 Å². The molecule has 0 unspecified atom stereocenters. The highest BCUT2D eigenvalue weighted by atomic mass is 32.1. The molecule has 0 N–H and O–H groups in total. The minimum Gasteiger partial charge on any atom is -0.310 e. The summed E-state index contributed by atoms with van der Waals surface area (Å²) in [5.41, 5.74) is 10.8. The SMILES string of the molecule is c1ccc(-c2ccc3cc(-c4ccc(N(c5ccc(-c6cccc7ccccc67)cc5)c5cccc6sc7ccccc7c56)cc4)ccc3c2)cc1. The Labute approximate surface area is 307 Å². The first-order chi connectivity index (χ1) is 25.8. The first-order valence-electron chi connectivity index (χ1n) is 17.8. The van der Waals surface area contributed by atoms with E-state index in [4.69, 9.17) is 0 Å². The average Bonchev–Trinajstić information content (AvgIpc) is 3.61. The molecule has 1 nitrogen and oxygen atoms in total. The van der Waals surface area contributed by atoms with Crippen LogP contribution in [0.2, 0.25) is 0 Å². The van der Waals surface area contributed by atoms with Gasteiger partial charge in [-0.25, -0.2) is 0 Å². The van der Waals surface area contributed by atoms with Crippen LogP contribution in [0.1, 0.15) is 0 Å². The van der Waals surface area contributed by atoms with Crippen molar-refractivity contribution >= 4 is 70.1 Å². The van der Waals surface area contributed by atoms with Gasteiger partial charge in [-0.1, -0.05) is 146 Å². The number of rotatable bonds is 6. The quantitative estimate of drug-likeness (QED) is 0.169. The second-order valence-electron chi connectivity index (χ2n) is 13.3. The minimum absolute atomic E-state index is 1.12. The maximum absolute atomic E-state index is 2.42. The largest absolute Gasteiger partial charge is 0.310 e. The van der Waals surface area contributed by atoms with Crippen molar-refractivity contribution in [3.63, 3.8) is 0 Å². The Morgan fingerprint density at radius 3 is 1.60 bits per heavy atom. The highest BCUT2D eigenvalue weighted by molar-refractivity contribution is 7.26. The molecule has 0 aliphatic rings. The molecule has 0 saturated heterocycles. The van der Waals surface area contributed by atoms with E-state index < -0.39 is 0 Å². The van der Waals surface area contributed by atoms with Gasteiger partial charge in [0.2, 0.25) is 0 Å². The lowest BCUT2D eigenvalue weighted by Gasteiger charge is -2.27. The van der Waals surface area contributed by atoms with E-state index in [1.807, 2.05) is 11.3 Å². The molecule has 0 radical (unpaired) electrons. The maximum atomic E-state index is 2.42. The van der Waals surface area contributed by atoms with Crippen LogP contribution in [0, 0.1) is 0 Å². The third-order valence-electron chi connectivity index (χ3n) is 10.3. The standard InChI is InChI=1S/C50H33NS/c1-2-10-34(11-3-1)38-20-22-41-33-39(21-23-40(41)32-38)35-24-28-42(29-25-35)51(47-17-9-19-49-50(47)46-15-6-7-18-48(46)52-49)43-30-26-37(27-31-43)45-16-8-13-36-12-4-5-14-44(36)45/h1-33H. The smallest absolute Gasteiger partial charge is 0.0554 e. The van der Waals surface area contributed by atoms with Crippen LogP contribution in [0.4, 0.5) is 17.1 Å².